The Morgan fingerprint density at radius 1 is 1.13 bits per heavy atom. The lowest BCUT2D eigenvalue weighted by Crippen LogP contribution is -2.28. The van der Waals surface area contributed by atoms with Gasteiger partial charge in [0.05, 0.1) is 5.60 Å². The van der Waals surface area contributed by atoms with Crippen molar-refractivity contribution in [3.63, 3.8) is 0 Å². The maximum atomic E-state index is 11.4. The van der Waals surface area contributed by atoms with Gasteiger partial charge < -0.3 is 9.47 Å². The zero-order valence-electron chi connectivity index (χ0n) is 10.8. The fourth-order valence-corrected chi connectivity index (χ4v) is 1.26. The Kier molecular flexibility index (Phi) is 5.29. The summed E-state index contributed by atoms with van der Waals surface area (Å²) in [7, 11) is 0. The Bertz CT molecular complexity index is 201. The van der Waals surface area contributed by atoms with Gasteiger partial charge in [-0.15, -0.1) is 0 Å². The lowest BCUT2D eigenvalue weighted by Gasteiger charge is -2.25. The molecule has 0 aromatic heterocycles. The molecule has 0 atom stereocenters. The SMILES string of the molecule is CCOC(C)(C)CCC(=O)OC(C)(C)C. The lowest BCUT2D eigenvalue weighted by atomic mass is 10.0. The average Bonchev–Trinajstić information content (AvgIpc) is 1.98. The summed E-state index contributed by atoms with van der Waals surface area (Å²) in [5.74, 6) is -0.157. The van der Waals surface area contributed by atoms with Gasteiger partial charge in [0.25, 0.3) is 0 Å². The van der Waals surface area contributed by atoms with E-state index in [0.717, 1.165) is 0 Å². The summed E-state index contributed by atoms with van der Waals surface area (Å²) in [5.41, 5.74) is -0.640. The van der Waals surface area contributed by atoms with Crippen LogP contribution in [-0.4, -0.2) is 23.8 Å². The van der Waals surface area contributed by atoms with Crippen LogP contribution in [0.5, 0.6) is 0 Å². The number of hydrogen-bond donors (Lipinski definition) is 0. The molecule has 0 aliphatic rings. The highest BCUT2D eigenvalue weighted by Gasteiger charge is 2.22. The number of carbonyl (C=O) groups is 1. The molecule has 0 aromatic rings. The van der Waals surface area contributed by atoms with Crippen molar-refractivity contribution in [3.8, 4) is 0 Å². The Morgan fingerprint density at radius 2 is 1.67 bits per heavy atom. The van der Waals surface area contributed by atoms with Crippen molar-refractivity contribution in [2.24, 2.45) is 0 Å². The van der Waals surface area contributed by atoms with Crippen LogP contribution in [0.2, 0.25) is 0 Å². The summed E-state index contributed by atoms with van der Waals surface area (Å²) >= 11 is 0. The van der Waals surface area contributed by atoms with Gasteiger partial charge >= 0.3 is 5.97 Å². The predicted molar refractivity (Wildman–Crippen MR) is 60.8 cm³/mol. The van der Waals surface area contributed by atoms with Crippen molar-refractivity contribution in [2.75, 3.05) is 6.61 Å². The van der Waals surface area contributed by atoms with E-state index in [1.807, 2.05) is 41.5 Å². The smallest absolute Gasteiger partial charge is 0.306 e. The molecule has 0 amide bonds. The molecule has 0 aromatic carbocycles. The minimum absolute atomic E-state index is 0.157. The van der Waals surface area contributed by atoms with Gasteiger partial charge in [-0.25, -0.2) is 0 Å². The third kappa shape index (κ3) is 8.43. The molecule has 0 bridgehead atoms. The molecule has 0 rings (SSSR count). The maximum Gasteiger partial charge on any atom is 0.306 e. The minimum Gasteiger partial charge on any atom is -0.460 e. The molecule has 3 heteroatoms. The third-order valence-electron chi connectivity index (χ3n) is 1.89. The third-order valence-corrected chi connectivity index (χ3v) is 1.89. The van der Waals surface area contributed by atoms with E-state index in [4.69, 9.17) is 9.47 Å². The van der Waals surface area contributed by atoms with Crippen LogP contribution in [-0.2, 0) is 14.3 Å². The lowest BCUT2D eigenvalue weighted by molar-refractivity contribution is -0.156. The van der Waals surface area contributed by atoms with Crippen LogP contribution >= 0.6 is 0 Å². The highest BCUT2D eigenvalue weighted by Crippen LogP contribution is 2.18. The molecular formula is C12H24O3. The summed E-state index contributed by atoms with van der Waals surface area (Å²) < 4.78 is 10.7. The van der Waals surface area contributed by atoms with Crippen LogP contribution in [0.1, 0.15) is 54.4 Å². The summed E-state index contributed by atoms with van der Waals surface area (Å²) in [5, 5.41) is 0. The molecule has 0 aliphatic carbocycles. The van der Waals surface area contributed by atoms with Crippen molar-refractivity contribution < 1.29 is 14.3 Å². The van der Waals surface area contributed by atoms with E-state index in [1.165, 1.54) is 0 Å². The minimum atomic E-state index is -0.396. The van der Waals surface area contributed by atoms with E-state index in [0.29, 0.717) is 19.4 Å². The van der Waals surface area contributed by atoms with E-state index < -0.39 is 5.60 Å². The number of rotatable bonds is 5. The second-order valence-corrected chi connectivity index (χ2v) is 5.28. The van der Waals surface area contributed by atoms with Crippen LogP contribution in [0, 0.1) is 0 Å². The van der Waals surface area contributed by atoms with Gasteiger partial charge in [-0.2, -0.15) is 0 Å². The first-order chi connectivity index (χ1) is 6.66. The topological polar surface area (TPSA) is 35.5 Å². The van der Waals surface area contributed by atoms with Crippen LogP contribution < -0.4 is 0 Å². The quantitative estimate of drug-likeness (QED) is 0.663. The van der Waals surface area contributed by atoms with Crippen molar-refractivity contribution in [1.29, 1.82) is 0 Å². The van der Waals surface area contributed by atoms with E-state index in [-0.39, 0.29) is 11.6 Å². The second-order valence-electron chi connectivity index (χ2n) is 5.28. The first-order valence-electron chi connectivity index (χ1n) is 5.52. The molecule has 0 N–H and O–H groups in total. The van der Waals surface area contributed by atoms with E-state index in [2.05, 4.69) is 0 Å². The molecule has 3 nitrogen and oxygen atoms in total. The number of hydrogen-bond acceptors (Lipinski definition) is 3. The van der Waals surface area contributed by atoms with E-state index >= 15 is 0 Å². The molecule has 0 aliphatic heterocycles. The molecule has 0 heterocycles. The summed E-state index contributed by atoms with van der Waals surface area (Å²) in [4.78, 5) is 11.4. The molecule has 90 valence electrons. The molecular weight excluding hydrogens is 192 g/mol. The van der Waals surface area contributed by atoms with Crippen LogP contribution in [0.25, 0.3) is 0 Å². The van der Waals surface area contributed by atoms with E-state index in [9.17, 15) is 4.79 Å². The number of esters is 1. The fourth-order valence-electron chi connectivity index (χ4n) is 1.26. The Morgan fingerprint density at radius 3 is 2.07 bits per heavy atom. The highest BCUT2D eigenvalue weighted by atomic mass is 16.6. The van der Waals surface area contributed by atoms with Gasteiger partial charge in [-0.1, -0.05) is 0 Å². The van der Waals surface area contributed by atoms with Gasteiger partial charge in [0.1, 0.15) is 5.60 Å². The van der Waals surface area contributed by atoms with Crippen molar-refractivity contribution in [2.45, 2.75) is 65.6 Å². The average molecular weight is 216 g/mol. The second kappa shape index (κ2) is 5.50. The maximum absolute atomic E-state index is 11.4. The molecule has 0 saturated heterocycles. The summed E-state index contributed by atoms with van der Waals surface area (Å²) in [6.07, 6.45) is 1.10. The van der Waals surface area contributed by atoms with Gasteiger partial charge in [0, 0.05) is 13.0 Å². The highest BCUT2D eigenvalue weighted by molar-refractivity contribution is 5.69. The Hall–Kier alpha value is -0.570. The molecule has 0 spiro atoms. The van der Waals surface area contributed by atoms with Crippen LogP contribution in [0.3, 0.4) is 0 Å². The first kappa shape index (κ1) is 14.4. The predicted octanol–water partition coefficient (Wildman–Crippen LogP) is 2.92. The van der Waals surface area contributed by atoms with Crippen LogP contribution in [0.4, 0.5) is 0 Å². The standard InChI is InChI=1S/C12H24O3/c1-7-14-12(5,6)9-8-10(13)15-11(2,3)4/h7-9H2,1-6H3. The normalized spacial score (nSPS) is 12.7. The largest absolute Gasteiger partial charge is 0.460 e. The fraction of sp³-hybridized carbons (Fsp3) is 0.917. The Labute approximate surface area is 93.1 Å². The Balaban J connectivity index is 3.90. The zero-order valence-corrected chi connectivity index (χ0v) is 10.8. The van der Waals surface area contributed by atoms with Crippen molar-refractivity contribution in [1.82, 2.24) is 0 Å². The monoisotopic (exact) mass is 216 g/mol. The van der Waals surface area contributed by atoms with Gasteiger partial charge in [-0.05, 0) is 48.0 Å². The first-order valence-corrected chi connectivity index (χ1v) is 5.52. The van der Waals surface area contributed by atoms with Crippen LogP contribution in [0.15, 0.2) is 0 Å². The van der Waals surface area contributed by atoms with E-state index in [1.54, 1.807) is 0 Å². The van der Waals surface area contributed by atoms with Gasteiger partial charge in [0.2, 0.25) is 0 Å². The summed E-state index contributed by atoms with van der Waals surface area (Å²) in [6.45, 7) is 12.2. The number of ether oxygens (including phenoxy) is 2. The van der Waals surface area contributed by atoms with Crippen molar-refractivity contribution >= 4 is 5.97 Å². The molecule has 0 fully saturated rings. The molecule has 0 unspecified atom stereocenters. The van der Waals surface area contributed by atoms with Gasteiger partial charge in [-0.3, -0.25) is 4.79 Å². The molecule has 0 radical (unpaired) electrons. The number of carbonyl (C=O) groups excluding carboxylic acids is 1. The zero-order chi connectivity index (χ0) is 12.1. The molecule has 15 heavy (non-hydrogen) atoms. The van der Waals surface area contributed by atoms with Crippen molar-refractivity contribution in [3.05, 3.63) is 0 Å². The van der Waals surface area contributed by atoms with Gasteiger partial charge in [0.15, 0.2) is 0 Å². The molecule has 0 saturated carbocycles. The summed E-state index contributed by atoms with van der Waals surface area (Å²) in [6, 6.07) is 0.